The Kier molecular flexibility index (Phi) is 3.68. The molecule has 3 rings (SSSR count). The predicted molar refractivity (Wildman–Crippen MR) is 82.1 cm³/mol. The second-order valence-electron chi connectivity index (χ2n) is 6.33. The van der Waals surface area contributed by atoms with Crippen LogP contribution in [0.2, 0.25) is 0 Å². The van der Waals surface area contributed by atoms with Crippen molar-refractivity contribution in [3.05, 3.63) is 29.8 Å². The van der Waals surface area contributed by atoms with Gasteiger partial charge in [-0.2, -0.15) is 0 Å². The van der Waals surface area contributed by atoms with Crippen molar-refractivity contribution < 1.29 is 4.79 Å². The van der Waals surface area contributed by atoms with E-state index in [0.29, 0.717) is 17.9 Å². The largest absolute Gasteiger partial charge is 0.368 e. The zero-order chi connectivity index (χ0) is 14.1. The SMILES string of the molecule is CC(C)c1ccc(N2CCN3C(=O)CCCC3C2)cc1. The molecule has 0 bridgehead atoms. The molecule has 2 aliphatic heterocycles. The summed E-state index contributed by atoms with van der Waals surface area (Å²) in [6, 6.07) is 9.36. The van der Waals surface area contributed by atoms with E-state index >= 15 is 0 Å². The maximum Gasteiger partial charge on any atom is 0.222 e. The molecule has 0 aromatic heterocycles. The first-order valence-electron chi connectivity index (χ1n) is 7.79. The first-order valence-corrected chi connectivity index (χ1v) is 7.79. The van der Waals surface area contributed by atoms with Crippen LogP contribution in [0.1, 0.15) is 44.6 Å². The summed E-state index contributed by atoms with van der Waals surface area (Å²) < 4.78 is 0. The minimum atomic E-state index is 0.357. The molecule has 1 amide bonds. The minimum absolute atomic E-state index is 0.357. The first-order chi connectivity index (χ1) is 9.65. The molecular formula is C17H24N2O. The van der Waals surface area contributed by atoms with Crippen LogP contribution in [0.25, 0.3) is 0 Å². The van der Waals surface area contributed by atoms with Crippen LogP contribution in [0.4, 0.5) is 5.69 Å². The lowest BCUT2D eigenvalue weighted by atomic mass is 9.98. The van der Waals surface area contributed by atoms with E-state index in [2.05, 4.69) is 47.9 Å². The van der Waals surface area contributed by atoms with E-state index in [0.717, 1.165) is 38.9 Å². The van der Waals surface area contributed by atoms with E-state index in [1.54, 1.807) is 0 Å². The van der Waals surface area contributed by atoms with Crippen molar-refractivity contribution in [3.8, 4) is 0 Å². The Morgan fingerprint density at radius 1 is 1.15 bits per heavy atom. The van der Waals surface area contributed by atoms with Crippen LogP contribution in [0, 0.1) is 0 Å². The van der Waals surface area contributed by atoms with E-state index in [-0.39, 0.29) is 0 Å². The number of rotatable bonds is 2. The third-order valence-electron chi connectivity index (χ3n) is 4.66. The maximum absolute atomic E-state index is 11.9. The second kappa shape index (κ2) is 5.47. The van der Waals surface area contributed by atoms with E-state index < -0.39 is 0 Å². The average Bonchev–Trinajstić information content (AvgIpc) is 2.47. The molecule has 0 radical (unpaired) electrons. The minimum Gasteiger partial charge on any atom is -0.368 e. The van der Waals surface area contributed by atoms with E-state index in [9.17, 15) is 4.79 Å². The van der Waals surface area contributed by atoms with Gasteiger partial charge in [-0.15, -0.1) is 0 Å². The number of piperidine rings is 1. The summed E-state index contributed by atoms with van der Waals surface area (Å²) in [4.78, 5) is 16.4. The number of nitrogens with zero attached hydrogens (tertiary/aromatic N) is 2. The van der Waals surface area contributed by atoms with Gasteiger partial charge in [-0.25, -0.2) is 0 Å². The highest BCUT2D eigenvalue weighted by Gasteiger charge is 2.32. The summed E-state index contributed by atoms with van der Waals surface area (Å²) in [5.41, 5.74) is 2.69. The van der Waals surface area contributed by atoms with Crippen molar-refractivity contribution in [2.24, 2.45) is 0 Å². The highest BCUT2D eigenvalue weighted by Crippen LogP contribution is 2.26. The van der Waals surface area contributed by atoms with Gasteiger partial charge in [0.1, 0.15) is 0 Å². The quantitative estimate of drug-likeness (QED) is 0.826. The Morgan fingerprint density at radius 3 is 2.60 bits per heavy atom. The molecule has 1 aromatic carbocycles. The monoisotopic (exact) mass is 272 g/mol. The average molecular weight is 272 g/mol. The van der Waals surface area contributed by atoms with Gasteiger partial charge in [0.05, 0.1) is 0 Å². The summed E-state index contributed by atoms with van der Waals surface area (Å²) >= 11 is 0. The van der Waals surface area contributed by atoms with Crippen LogP contribution in [0.3, 0.4) is 0 Å². The molecule has 2 aliphatic rings. The van der Waals surface area contributed by atoms with Crippen LogP contribution in [-0.2, 0) is 4.79 Å². The second-order valence-corrected chi connectivity index (χ2v) is 6.33. The molecule has 1 atom stereocenters. The fourth-order valence-corrected chi connectivity index (χ4v) is 3.37. The standard InChI is InChI=1S/C17H24N2O/c1-13(2)14-6-8-15(9-7-14)18-10-11-19-16(12-18)4-3-5-17(19)20/h6-9,13,16H,3-5,10-12H2,1-2H3. The fraction of sp³-hybridized carbons (Fsp3) is 0.588. The van der Waals surface area contributed by atoms with Crippen LogP contribution in [-0.4, -0.2) is 36.5 Å². The molecule has 108 valence electrons. The highest BCUT2D eigenvalue weighted by molar-refractivity contribution is 5.77. The molecule has 2 fully saturated rings. The van der Waals surface area contributed by atoms with Gasteiger partial charge in [0.25, 0.3) is 0 Å². The Balaban J connectivity index is 1.71. The van der Waals surface area contributed by atoms with Crippen molar-refractivity contribution in [2.45, 2.75) is 45.1 Å². The first kappa shape index (κ1) is 13.5. The van der Waals surface area contributed by atoms with Gasteiger partial charge in [-0.3, -0.25) is 4.79 Å². The van der Waals surface area contributed by atoms with Crippen molar-refractivity contribution >= 4 is 11.6 Å². The lowest BCUT2D eigenvalue weighted by molar-refractivity contribution is -0.136. The lowest BCUT2D eigenvalue weighted by Gasteiger charge is -2.44. The Morgan fingerprint density at radius 2 is 1.90 bits per heavy atom. The van der Waals surface area contributed by atoms with Crippen LogP contribution >= 0.6 is 0 Å². The number of hydrogen-bond acceptors (Lipinski definition) is 2. The lowest BCUT2D eigenvalue weighted by Crippen LogP contribution is -2.57. The van der Waals surface area contributed by atoms with Crippen LogP contribution < -0.4 is 4.90 Å². The number of benzene rings is 1. The molecule has 2 saturated heterocycles. The zero-order valence-electron chi connectivity index (χ0n) is 12.5. The number of anilines is 1. The molecule has 0 saturated carbocycles. The third-order valence-corrected chi connectivity index (χ3v) is 4.66. The third kappa shape index (κ3) is 2.54. The molecule has 1 aromatic rings. The number of hydrogen-bond donors (Lipinski definition) is 0. The van der Waals surface area contributed by atoms with Crippen molar-refractivity contribution in [3.63, 3.8) is 0 Å². The van der Waals surface area contributed by atoms with Gasteiger partial charge in [0.2, 0.25) is 5.91 Å². The fourth-order valence-electron chi connectivity index (χ4n) is 3.37. The Labute approximate surface area is 121 Å². The molecule has 0 spiro atoms. The van der Waals surface area contributed by atoms with Crippen molar-refractivity contribution in [1.29, 1.82) is 0 Å². The predicted octanol–water partition coefficient (Wildman–Crippen LogP) is 3.01. The van der Waals surface area contributed by atoms with E-state index in [1.165, 1.54) is 11.3 Å². The van der Waals surface area contributed by atoms with Gasteiger partial charge in [0, 0.05) is 37.8 Å². The number of piperazine rings is 1. The molecule has 0 aliphatic carbocycles. The molecule has 1 unspecified atom stereocenters. The molecule has 20 heavy (non-hydrogen) atoms. The molecule has 3 heteroatoms. The molecule has 3 nitrogen and oxygen atoms in total. The molecule has 0 N–H and O–H groups in total. The van der Waals surface area contributed by atoms with Gasteiger partial charge in [-0.1, -0.05) is 26.0 Å². The van der Waals surface area contributed by atoms with Gasteiger partial charge >= 0.3 is 0 Å². The summed E-state index contributed by atoms with van der Waals surface area (Å²) in [6.07, 6.45) is 2.96. The topological polar surface area (TPSA) is 23.6 Å². The summed E-state index contributed by atoms with van der Waals surface area (Å²) in [6.45, 7) is 7.29. The summed E-state index contributed by atoms with van der Waals surface area (Å²) in [5.74, 6) is 0.938. The molecule has 2 heterocycles. The zero-order valence-corrected chi connectivity index (χ0v) is 12.5. The van der Waals surface area contributed by atoms with Gasteiger partial charge in [-0.05, 0) is 36.5 Å². The summed E-state index contributed by atoms with van der Waals surface area (Å²) in [5, 5.41) is 0. The number of amides is 1. The molecular weight excluding hydrogens is 248 g/mol. The number of carbonyl (C=O) groups is 1. The normalized spacial score (nSPS) is 23.1. The van der Waals surface area contributed by atoms with Gasteiger partial charge in [0.15, 0.2) is 0 Å². The highest BCUT2D eigenvalue weighted by atomic mass is 16.2. The number of fused-ring (bicyclic) bond motifs is 1. The maximum atomic E-state index is 11.9. The summed E-state index contributed by atoms with van der Waals surface area (Å²) in [7, 11) is 0. The van der Waals surface area contributed by atoms with E-state index in [1.807, 2.05) is 0 Å². The van der Waals surface area contributed by atoms with Crippen molar-refractivity contribution in [1.82, 2.24) is 4.90 Å². The Hall–Kier alpha value is -1.51. The van der Waals surface area contributed by atoms with E-state index in [4.69, 9.17) is 0 Å². The Bertz CT molecular complexity index is 480. The van der Waals surface area contributed by atoms with Crippen LogP contribution in [0.15, 0.2) is 24.3 Å². The van der Waals surface area contributed by atoms with Gasteiger partial charge < -0.3 is 9.80 Å². The van der Waals surface area contributed by atoms with Crippen LogP contribution in [0.5, 0.6) is 0 Å². The van der Waals surface area contributed by atoms with Crippen molar-refractivity contribution in [2.75, 3.05) is 24.5 Å². The number of carbonyl (C=O) groups excluding carboxylic acids is 1. The smallest absolute Gasteiger partial charge is 0.222 e.